The second kappa shape index (κ2) is 12.2. The molecule has 0 atom stereocenters. The molecule has 3 heterocycles. The second-order valence-corrected chi connectivity index (χ2v) is 14.4. The number of para-hydroxylation sites is 1. The molecule has 6 aromatic rings. The summed E-state index contributed by atoms with van der Waals surface area (Å²) in [6.07, 6.45) is 4.84. The van der Waals surface area contributed by atoms with E-state index >= 15 is 0 Å². The molecule has 8 rings (SSSR count). The quantitative estimate of drug-likeness (QED) is 0.170. The molecule has 0 fully saturated rings. The molecule has 0 saturated carbocycles. The van der Waals surface area contributed by atoms with Gasteiger partial charge in [-0.3, -0.25) is 0 Å². The molecule has 246 valence electrons. The summed E-state index contributed by atoms with van der Waals surface area (Å²) in [6, 6.07) is 30.7. The molecule has 49 heavy (non-hydrogen) atoms. The highest BCUT2D eigenvalue weighted by Gasteiger charge is 2.33. The number of allylic oxidation sites excluding steroid dienone is 2. The van der Waals surface area contributed by atoms with Crippen molar-refractivity contribution in [3.8, 4) is 11.6 Å². The lowest BCUT2D eigenvalue weighted by Gasteiger charge is -2.26. The van der Waals surface area contributed by atoms with E-state index in [1.807, 2.05) is 12.1 Å². The Morgan fingerprint density at radius 1 is 0.653 bits per heavy atom. The zero-order valence-electron chi connectivity index (χ0n) is 29.9. The number of hydrogen-bond donors (Lipinski definition) is 0. The van der Waals surface area contributed by atoms with Gasteiger partial charge in [-0.25, -0.2) is 4.98 Å². The minimum Gasteiger partial charge on any atom is -0.439 e. The molecule has 0 N–H and O–H groups in total. The summed E-state index contributed by atoms with van der Waals surface area (Å²) < 4.78 is 9.09. The van der Waals surface area contributed by atoms with Crippen molar-refractivity contribution in [1.29, 1.82) is 0 Å². The second-order valence-electron chi connectivity index (χ2n) is 14.4. The van der Waals surface area contributed by atoms with Crippen molar-refractivity contribution in [3.63, 3.8) is 0 Å². The van der Waals surface area contributed by atoms with Gasteiger partial charge in [-0.2, -0.15) is 0 Å². The third-order valence-electron chi connectivity index (χ3n) is 10.7. The summed E-state index contributed by atoms with van der Waals surface area (Å²) in [4.78, 5) is 10.1. The molecule has 5 nitrogen and oxygen atoms in total. The number of hydrogen-bond acceptors (Lipinski definition) is 4. The van der Waals surface area contributed by atoms with Crippen LogP contribution in [0.25, 0.3) is 21.9 Å². The number of fused-ring (bicyclic) bond motifs is 3. The first-order valence-electron chi connectivity index (χ1n) is 17.7. The van der Waals surface area contributed by atoms with Crippen LogP contribution < -0.4 is 20.6 Å². The van der Waals surface area contributed by atoms with Crippen LogP contribution in [0.3, 0.4) is 0 Å². The topological polar surface area (TPSA) is 33.5 Å². The van der Waals surface area contributed by atoms with Crippen molar-refractivity contribution in [2.45, 2.75) is 67.2 Å². The average Bonchev–Trinajstić information content (AvgIpc) is 3.58. The van der Waals surface area contributed by atoms with Crippen LogP contribution in [-0.2, 0) is 0 Å². The highest BCUT2D eigenvalue weighted by atomic mass is 16.5. The molecule has 0 saturated heterocycles. The Labute approximate surface area is 290 Å². The highest BCUT2D eigenvalue weighted by molar-refractivity contribution is 6.86. The van der Waals surface area contributed by atoms with E-state index < -0.39 is 0 Å². The van der Waals surface area contributed by atoms with E-state index in [0.717, 1.165) is 35.3 Å². The van der Waals surface area contributed by atoms with Crippen LogP contribution in [0.4, 0.5) is 5.69 Å². The number of nitrogens with zero attached hydrogens (tertiary/aromatic N) is 4. The third kappa shape index (κ3) is 5.38. The van der Waals surface area contributed by atoms with Crippen LogP contribution in [-0.4, -0.2) is 34.9 Å². The lowest BCUT2D eigenvalue weighted by Crippen LogP contribution is -2.53. The Kier molecular flexibility index (Phi) is 7.78. The Bertz CT molecular complexity index is 2200. The molecule has 0 unspecified atom stereocenters. The van der Waals surface area contributed by atoms with Crippen molar-refractivity contribution in [2.75, 3.05) is 18.6 Å². The first kappa shape index (κ1) is 31.3. The van der Waals surface area contributed by atoms with E-state index in [9.17, 15) is 0 Å². The molecule has 0 bridgehead atoms. The maximum atomic E-state index is 6.56. The molecule has 2 aliphatic rings. The van der Waals surface area contributed by atoms with Crippen LogP contribution in [0.15, 0.2) is 96.3 Å². The van der Waals surface area contributed by atoms with Crippen molar-refractivity contribution in [1.82, 2.24) is 14.4 Å². The van der Waals surface area contributed by atoms with Crippen molar-refractivity contribution in [2.24, 2.45) is 0 Å². The van der Waals surface area contributed by atoms with Gasteiger partial charge in [-0.1, -0.05) is 81.9 Å². The van der Waals surface area contributed by atoms with Crippen LogP contribution >= 0.6 is 0 Å². The SMILES string of the molecule is Cc1cc(C)c(B(c2c(C)cc(C)cc2C)n2c3ccccc3c3nc(Oc4cccc(N5CN(C)C6=C5CCCC6)c4)ccc32)c(C)c1. The lowest BCUT2D eigenvalue weighted by atomic mass is 9.46. The normalized spacial score (nSPS) is 14.7. The Morgan fingerprint density at radius 3 is 1.96 bits per heavy atom. The summed E-state index contributed by atoms with van der Waals surface area (Å²) >= 11 is 0. The smallest absolute Gasteiger partial charge is 0.329 e. The van der Waals surface area contributed by atoms with Gasteiger partial charge >= 0.3 is 6.85 Å². The summed E-state index contributed by atoms with van der Waals surface area (Å²) in [5.41, 5.74) is 17.9. The summed E-state index contributed by atoms with van der Waals surface area (Å²) in [5.74, 6) is 1.40. The van der Waals surface area contributed by atoms with Gasteiger partial charge in [0.05, 0.1) is 17.7 Å². The van der Waals surface area contributed by atoms with Gasteiger partial charge in [0.2, 0.25) is 5.88 Å². The van der Waals surface area contributed by atoms with Gasteiger partial charge in [-0.05, 0) is 102 Å². The van der Waals surface area contributed by atoms with E-state index in [0.29, 0.717) is 5.88 Å². The van der Waals surface area contributed by atoms with E-state index in [1.54, 1.807) is 0 Å². The van der Waals surface area contributed by atoms with E-state index in [2.05, 4.69) is 136 Å². The zero-order valence-corrected chi connectivity index (χ0v) is 29.9. The molecule has 4 aromatic carbocycles. The summed E-state index contributed by atoms with van der Waals surface area (Å²) in [7, 11) is 2.21. The summed E-state index contributed by atoms with van der Waals surface area (Å²) in [5, 5.41) is 1.13. The van der Waals surface area contributed by atoms with E-state index in [4.69, 9.17) is 9.72 Å². The highest BCUT2D eigenvalue weighted by Crippen LogP contribution is 2.39. The molecule has 0 amide bonds. The van der Waals surface area contributed by atoms with Gasteiger partial charge in [0.15, 0.2) is 0 Å². The molecular weight excluding hydrogens is 599 g/mol. The number of aryl methyl sites for hydroxylation is 6. The van der Waals surface area contributed by atoms with Gasteiger partial charge in [0.25, 0.3) is 0 Å². The standard InChI is InChI=1S/C43H45BN4O/c1-27-21-29(3)41(30(4)22-27)44(42-31(5)23-28(2)24-32(42)6)48-36-16-9-8-15-35(36)43-39(48)19-20-40(45-43)49-34-14-12-13-33(25-34)47-26-46(7)37-17-10-11-18-38(37)47/h8-9,12-16,19-25H,10-11,17-18,26H2,1-7H3. The van der Waals surface area contributed by atoms with Crippen LogP contribution in [0.2, 0.25) is 0 Å². The monoisotopic (exact) mass is 644 g/mol. The summed E-state index contributed by atoms with van der Waals surface area (Å²) in [6.45, 7) is 14.3. The largest absolute Gasteiger partial charge is 0.439 e. The Hall–Kier alpha value is -4.97. The van der Waals surface area contributed by atoms with Crippen LogP contribution in [0.5, 0.6) is 11.6 Å². The first-order valence-corrected chi connectivity index (χ1v) is 17.7. The molecule has 2 aromatic heterocycles. The molecule has 6 heteroatoms. The zero-order chi connectivity index (χ0) is 34.0. The van der Waals surface area contributed by atoms with Crippen molar-refractivity contribution in [3.05, 3.63) is 130 Å². The number of rotatable bonds is 6. The van der Waals surface area contributed by atoms with Gasteiger partial charge in [0.1, 0.15) is 5.75 Å². The number of benzene rings is 4. The number of ether oxygens (including phenoxy) is 1. The molecule has 1 aliphatic carbocycles. The van der Waals surface area contributed by atoms with Gasteiger partial charge in [-0.15, -0.1) is 0 Å². The van der Waals surface area contributed by atoms with Crippen LogP contribution in [0, 0.1) is 41.5 Å². The Balaban J connectivity index is 1.26. The molecule has 1 aliphatic heterocycles. The molecule has 0 spiro atoms. The predicted molar refractivity (Wildman–Crippen MR) is 206 cm³/mol. The number of anilines is 1. The van der Waals surface area contributed by atoms with E-state index in [-0.39, 0.29) is 6.85 Å². The van der Waals surface area contributed by atoms with Crippen molar-refractivity contribution < 1.29 is 4.74 Å². The lowest BCUT2D eigenvalue weighted by molar-refractivity contribution is 0.432. The predicted octanol–water partition coefficient (Wildman–Crippen LogP) is 8.98. The third-order valence-corrected chi connectivity index (χ3v) is 10.7. The maximum Gasteiger partial charge on any atom is 0.329 e. The first-order chi connectivity index (χ1) is 23.7. The van der Waals surface area contributed by atoms with E-state index in [1.165, 1.54) is 86.2 Å². The number of pyridine rings is 1. The molecular formula is C43H45BN4O. The van der Waals surface area contributed by atoms with Gasteiger partial charge in [0, 0.05) is 47.2 Å². The minimum absolute atomic E-state index is 0.0218. The Morgan fingerprint density at radius 2 is 1.29 bits per heavy atom. The fourth-order valence-electron chi connectivity index (χ4n) is 8.85. The maximum absolute atomic E-state index is 6.56. The molecule has 0 radical (unpaired) electrons. The number of aromatic nitrogens is 2. The fraction of sp³-hybridized carbons (Fsp3) is 0.279. The average molecular weight is 645 g/mol. The fourth-order valence-corrected chi connectivity index (χ4v) is 8.85. The van der Waals surface area contributed by atoms with Crippen LogP contribution in [0.1, 0.15) is 59.1 Å². The van der Waals surface area contributed by atoms with Crippen molar-refractivity contribution >= 4 is 45.4 Å². The minimum atomic E-state index is -0.0218. The van der Waals surface area contributed by atoms with Gasteiger partial charge < -0.3 is 19.0 Å².